The summed E-state index contributed by atoms with van der Waals surface area (Å²) < 4.78 is 1.91. The molecule has 0 spiro atoms. The first-order valence-corrected chi connectivity index (χ1v) is 13.8. The molecular weight excluding hydrogens is 464 g/mol. The highest BCUT2D eigenvalue weighted by molar-refractivity contribution is 8.00. The van der Waals surface area contributed by atoms with E-state index in [2.05, 4.69) is 22.4 Å². The summed E-state index contributed by atoms with van der Waals surface area (Å²) in [5, 5.41) is 12.6. The van der Waals surface area contributed by atoms with Crippen LogP contribution in [0.4, 0.5) is 5.69 Å². The van der Waals surface area contributed by atoms with Crippen molar-refractivity contribution in [3.05, 3.63) is 53.5 Å². The summed E-state index contributed by atoms with van der Waals surface area (Å²) >= 11 is 3.15. The van der Waals surface area contributed by atoms with E-state index in [9.17, 15) is 4.79 Å². The lowest BCUT2D eigenvalue weighted by atomic mass is 9.87. The molecule has 174 valence electrons. The van der Waals surface area contributed by atoms with Crippen molar-refractivity contribution in [1.82, 2.24) is 19.6 Å². The number of rotatable bonds is 7. The molecule has 2 atom stereocenters. The van der Waals surface area contributed by atoms with Crippen molar-refractivity contribution in [1.29, 1.82) is 0 Å². The van der Waals surface area contributed by atoms with Crippen LogP contribution >= 0.6 is 23.5 Å². The highest BCUT2D eigenvalue weighted by atomic mass is 32.2. The van der Waals surface area contributed by atoms with E-state index < -0.39 is 0 Å². The van der Waals surface area contributed by atoms with Gasteiger partial charge in [0.15, 0.2) is 10.8 Å². The molecular formula is C25H26N6OS2. The van der Waals surface area contributed by atoms with E-state index in [1.54, 1.807) is 17.3 Å². The number of para-hydroxylation sites is 1. The first-order chi connectivity index (χ1) is 16.7. The molecule has 0 saturated carbocycles. The van der Waals surface area contributed by atoms with Crippen LogP contribution in [0.3, 0.4) is 0 Å². The lowest BCUT2D eigenvalue weighted by Gasteiger charge is -2.26. The number of fused-ring (bicyclic) bond motifs is 6. The van der Waals surface area contributed by atoms with Crippen LogP contribution in [-0.2, 0) is 4.79 Å². The second-order valence-corrected chi connectivity index (χ2v) is 10.9. The zero-order valence-corrected chi connectivity index (χ0v) is 20.7. The van der Waals surface area contributed by atoms with Gasteiger partial charge >= 0.3 is 0 Å². The number of hydrogen-bond acceptors (Lipinski definition) is 7. The highest BCUT2D eigenvalue weighted by Gasteiger charge is 2.44. The molecule has 9 heteroatoms. The molecule has 0 saturated heterocycles. The van der Waals surface area contributed by atoms with Crippen molar-refractivity contribution in [3.8, 4) is 0 Å². The number of benzene rings is 1. The third-order valence-corrected chi connectivity index (χ3v) is 8.84. The summed E-state index contributed by atoms with van der Waals surface area (Å²) in [7, 11) is 0. The van der Waals surface area contributed by atoms with E-state index >= 15 is 0 Å². The van der Waals surface area contributed by atoms with Crippen LogP contribution in [0.5, 0.6) is 0 Å². The number of allylic oxidation sites excluding steroid dienone is 1. The summed E-state index contributed by atoms with van der Waals surface area (Å²) in [6, 6.07) is 9.48. The Kier molecular flexibility index (Phi) is 5.90. The second kappa shape index (κ2) is 9.19. The second-order valence-electron chi connectivity index (χ2n) is 8.86. The quantitative estimate of drug-likeness (QED) is 0.441. The summed E-state index contributed by atoms with van der Waals surface area (Å²) in [5.74, 6) is 0.446. The molecule has 0 unspecified atom stereocenters. The molecule has 34 heavy (non-hydrogen) atoms. The predicted octanol–water partition coefficient (Wildman–Crippen LogP) is 5.50. The molecule has 7 nitrogen and oxygen atoms in total. The fraction of sp³-hybridized carbons (Fsp3) is 0.400. The molecule has 1 aromatic carbocycles. The molecule has 1 N–H and O–H groups in total. The average Bonchev–Trinajstić information content (AvgIpc) is 3.57. The Bertz CT molecular complexity index is 1320. The smallest absolute Gasteiger partial charge is 0.234 e. The van der Waals surface area contributed by atoms with Gasteiger partial charge in [-0.2, -0.15) is 0 Å². The Morgan fingerprint density at radius 2 is 2.12 bits per heavy atom. The standard InChI is InChI=1S/C25H26N6OS2/c1-2-3-12-18-16-10-7-11-17(16)20-21-22(34-24(20)28-18)23-29-30-25(31(23)14-26-21)33-13-19(32)27-15-8-5-4-6-9-15/h4-6,8-9,14,20,24H,2-3,7,10-13H2,1H3,(H,27,32)/t20-,24+/m1/s1. The number of aromatic nitrogens is 4. The number of dihydropyridines is 1. The summed E-state index contributed by atoms with van der Waals surface area (Å²) in [5.41, 5.74) is 7.10. The van der Waals surface area contributed by atoms with E-state index in [1.165, 1.54) is 42.3 Å². The van der Waals surface area contributed by atoms with E-state index in [0.717, 1.165) is 41.2 Å². The number of thioether (sulfide) groups is 2. The van der Waals surface area contributed by atoms with Crippen LogP contribution in [0.15, 0.2) is 62.8 Å². The molecule has 1 aliphatic carbocycles. The Hall–Kier alpha value is -2.65. The van der Waals surface area contributed by atoms with Gasteiger partial charge in [-0.15, -0.1) is 10.2 Å². The molecule has 2 aliphatic heterocycles. The SMILES string of the molecule is CCCCC1=N[C@H]2Sc3c(ncn4c(SCC(=O)Nc5ccccc5)nnc34)[C@H]2C2=C1CCC2. The Labute approximate surface area is 206 Å². The number of aliphatic imine (C=N–C) groups is 1. The molecule has 0 bridgehead atoms. The average molecular weight is 491 g/mol. The molecule has 6 rings (SSSR count). The number of nitrogens with one attached hydrogen (secondary N) is 1. The van der Waals surface area contributed by atoms with Crippen molar-refractivity contribution in [2.24, 2.45) is 4.99 Å². The van der Waals surface area contributed by atoms with Crippen molar-refractivity contribution in [2.75, 3.05) is 11.1 Å². The van der Waals surface area contributed by atoms with Crippen LogP contribution < -0.4 is 5.32 Å². The van der Waals surface area contributed by atoms with Crippen molar-refractivity contribution < 1.29 is 4.79 Å². The van der Waals surface area contributed by atoms with Gasteiger partial charge in [-0.3, -0.25) is 14.2 Å². The van der Waals surface area contributed by atoms with E-state index in [4.69, 9.17) is 9.98 Å². The number of carbonyl (C=O) groups is 1. The van der Waals surface area contributed by atoms with Gasteiger partial charge < -0.3 is 5.32 Å². The van der Waals surface area contributed by atoms with Crippen LogP contribution in [0.25, 0.3) is 5.65 Å². The van der Waals surface area contributed by atoms with Crippen molar-refractivity contribution >= 4 is 46.5 Å². The fourth-order valence-electron chi connectivity index (χ4n) is 5.10. The van der Waals surface area contributed by atoms with Gasteiger partial charge in [0.2, 0.25) is 5.91 Å². The van der Waals surface area contributed by atoms with Gasteiger partial charge in [0.25, 0.3) is 0 Å². The van der Waals surface area contributed by atoms with Gasteiger partial charge in [-0.1, -0.05) is 60.6 Å². The van der Waals surface area contributed by atoms with Gasteiger partial charge in [-0.25, -0.2) is 4.98 Å². The Morgan fingerprint density at radius 3 is 2.97 bits per heavy atom. The summed E-state index contributed by atoms with van der Waals surface area (Å²) in [6.07, 6.45) is 8.80. The predicted molar refractivity (Wildman–Crippen MR) is 137 cm³/mol. The molecule has 4 heterocycles. The van der Waals surface area contributed by atoms with Gasteiger partial charge in [0.05, 0.1) is 22.3 Å². The molecule has 3 aromatic rings. The van der Waals surface area contributed by atoms with Crippen LogP contribution in [0.2, 0.25) is 0 Å². The number of anilines is 1. The fourth-order valence-corrected chi connectivity index (χ4v) is 7.20. The number of nitrogens with zero attached hydrogens (tertiary/aromatic N) is 5. The minimum Gasteiger partial charge on any atom is -0.325 e. The maximum absolute atomic E-state index is 12.4. The summed E-state index contributed by atoms with van der Waals surface area (Å²) in [6.45, 7) is 2.24. The van der Waals surface area contributed by atoms with Crippen LogP contribution in [-0.4, -0.2) is 42.3 Å². The van der Waals surface area contributed by atoms with Crippen LogP contribution in [0, 0.1) is 0 Å². The number of carbonyl (C=O) groups excluding carboxylic acids is 1. The van der Waals surface area contributed by atoms with Crippen LogP contribution in [0.1, 0.15) is 57.1 Å². The lowest BCUT2D eigenvalue weighted by molar-refractivity contribution is -0.113. The number of unbranched alkanes of at least 4 members (excludes halogenated alkanes) is 1. The normalized spacial score (nSPS) is 20.8. The van der Waals surface area contributed by atoms with Gasteiger partial charge in [-0.05, 0) is 49.8 Å². The zero-order chi connectivity index (χ0) is 23.1. The topological polar surface area (TPSA) is 84.5 Å². The highest BCUT2D eigenvalue weighted by Crippen LogP contribution is 2.55. The van der Waals surface area contributed by atoms with E-state index in [0.29, 0.717) is 5.16 Å². The number of hydrogen-bond donors (Lipinski definition) is 1. The maximum atomic E-state index is 12.4. The first kappa shape index (κ1) is 21.9. The van der Waals surface area contributed by atoms with E-state index in [1.807, 2.05) is 41.1 Å². The van der Waals surface area contributed by atoms with E-state index in [-0.39, 0.29) is 23.0 Å². The largest absolute Gasteiger partial charge is 0.325 e. The maximum Gasteiger partial charge on any atom is 0.234 e. The lowest BCUT2D eigenvalue weighted by Crippen LogP contribution is -2.21. The molecule has 0 radical (unpaired) electrons. The van der Waals surface area contributed by atoms with Gasteiger partial charge in [0, 0.05) is 11.4 Å². The Balaban J connectivity index is 1.24. The zero-order valence-electron chi connectivity index (χ0n) is 19.0. The molecule has 3 aliphatic rings. The number of amides is 1. The van der Waals surface area contributed by atoms with Crippen molar-refractivity contribution in [3.63, 3.8) is 0 Å². The monoisotopic (exact) mass is 490 g/mol. The Morgan fingerprint density at radius 1 is 1.24 bits per heavy atom. The molecule has 1 amide bonds. The molecule has 2 aromatic heterocycles. The minimum absolute atomic E-state index is 0.0721. The summed E-state index contributed by atoms with van der Waals surface area (Å²) in [4.78, 5) is 23.6. The first-order valence-electron chi connectivity index (χ1n) is 11.9. The minimum atomic E-state index is -0.0721. The third kappa shape index (κ3) is 3.84. The van der Waals surface area contributed by atoms with Gasteiger partial charge in [0.1, 0.15) is 11.7 Å². The van der Waals surface area contributed by atoms with Crippen molar-refractivity contribution in [2.45, 2.75) is 66.8 Å². The molecule has 0 fully saturated rings. The third-order valence-electron chi connectivity index (χ3n) is 6.66.